The van der Waals surface area contributed by atoms with Gasteiger partial charge in [-0.1, -0.05) is 18.2 Å². The number of piperidine rings is 1. The zero-order valence-corrected chi connectivity index (χ0v) is 13.1. The first-order chi connectivity index (χ1) is 10.5. The molecule has 22 heavy (non-hydrogen) atoms. The Morgan fingerprint density at radius 2 is 2.14 bits per heavy atom. The van der Waals surface area contributed by atoms with Crippen molar-refractivity contribution in [2.75, 3.05) is 13.1 Å². The van der Waals surface area contributed by atoms with Crippen LogP contribution in [-0.4, -0.2) is 44.6 Å². The lowest BCUT2D eigenvalue weighted by molar-refractivity contribution is -0.0993. The molecule has 1 aromatic carbocycles. The average Bonchev–Trinajstić information content (AvgIpc) is 2.88. The summed E-state index contributed by atoms with van der Waals surface area (Å²) in [4.78, 5) is 2.25. The van der Waals surface area contributed by atoms with E-state index in [-0.39, 0.29) is 6.10 Å². The molecule has 1 aliphatic rings. The summed E-state index contributed by atoms with van der Waals surface area (Å²) in [6.45, 7) is 4.17. The van der Waals surface area contributed by atoms with Gasteiger partial charge in [-0.2, -0.15) is 5.10 Å². The Morgan fingerprint density at radius 1 is 1.36 bits per heavy atom. The molecule has 0 unspecified atom stereocenters. The van der Waals surface area contributed by atoms with E-state index in [2.05, 4.69) is 10.00 Å². The second kappa shape index (κ2) is 6.10. The minimum Gasteiger partial charge on any atom is -0.487 e. The van der Waals surface area contributed by atoms with Gasteiger partial charge in [-0.15, -0.1) is 0 Å². The molecule has 1 fully saturated rings. The van der Waals surface area contributed by atoms with Gasteiger partial charge in [0, 0.05) is 38.4 Å². The number of benzene rings is 1. The predicted molar refractivity (Wildman–Crippen MR) is 84.6 cm³/mol. The zero-order chi connectivity index (χ0) is 15.6. The molecule has 1 aromatic heterocycles. The van der Waals surface area contributed by atoms with Crippen molar-refractivity contribution in [1.29, 1.82) is 0 Å². The van der Waals surface area contributed by atoms with Crippen LogP contribution in [0.25, 0.3) is 0 Å². The molecule has 0 spiro atoms. The van der Waals surface area contributed by atoms with Crippen molar-refractivity contribution in [3.63, 3.8) is 0 Å². The lowest BCUT2D eigenvalue weighted by Crippen LogP contribution is -2.56. The van der Waals surface area contributed by atoms with Gasteiger partial charge in [-0.25, -0.2) is 0 Å². The number of likely N-dealkylation sites (tertiary alicyclic amines) is 1. The van der Waals surface area contributed by atoms with Crippen LogP contribution in [0.1, 0.15) is 18.9 Å². The Labute approximate surface area is 131 Å². The molecule has 1 saturated heterocycles. The number of hydrogen-bond acceptors (Lipinski definition) is 4. The summed E-state index contributed by atoms with van der Waals surface area (Å²) in [7, 11) is 1.92. The van der Waals surface area contributed by atoms with Crippen LogP contribution in [0.3, 0.4) is 0 Å². The molecule has 0 bridgehead atoms. The summed E-state index contributed by atoms with van der Waals surface area (Å²) in [6, 6.07) is 9.71. The van der Waals surface area contributed by atoms with Gasteiger partial charge >= 0.3 is 0 Å². The Balaban J connectivity index is 1.61. The maximum atomic E-state index is 10.8. The van der Waals surface area contributed by atoms with Gasteiger partial charge in [0.25, 0.3) is 0 Å². The first kappa shape index (κ1) is 15.1. The monoisotopic (exact) mass is 301 g/mol. The lowest BCUT2D eigenvalue weighted by Gasteiger charge is -2.42. The van der Waals surface area contributed by atoms with Crippen molar-refractivity contribution in [3.05, 3.63) is 48.3 Å². The van der Waals surface area contributed by atoms with E-state index in [1.165, 1.54) is 5.56 Å². The molecule has 3 rings (SSSR count). The summed E-state index contributed by atoms with van der Waals surface area (Å²) in [5, 5.41) is 15.0. The molecule has 1 aliphatic heterocycles. The first-order valence-electron chi connectivity index (χ1n) is 7.67. The normalized spacial score (nSPS) is 26.0. The summed E-state index contributed by atoms with van der Waals surface area (Å²) in [5.74, 6) is 0.813. The fourth-order valence-electron chi connectivity index (χ4n) is 3.04. The summed E-state index contributed by atoms with van der Waals surface area (Å²) >= 11 is 0. The van der Waals surface area contributed by atoms with Crippen LogP contribution in [0.4, 0.5) is 0 Å². The van der Waals surface area contributed by atoms with E-state index in [1.54, 1.807) is 4.68 Å². The highest BCUT2D eigenvalue weighted by molar-refractivity contribution is 5.22. The van der Waals surface area contributed by atoms with E-state index in [0.29, 0.717) is 6.54 Å². The number of aliphatic hydroxyl groups is 1. The summed E-state index contributed by atoms with van der Waals surface area (Å²) in [5.41, 5.74) is 0.303. The molecule has 2 atom stereocenters. The maximum Gasteiger partial charge on any atom is 0.129 e. The predicted octanol–water partition coefficient (Wildman–Crippen LogP) is 1.82. The Morgan fingerprint density at radius 3 is 2.77 bits per heavy atom. The van der Waals surface area contributed by atoms with Crippen LogP contribution in [-0.2, 0) is 13.6 Å². The van der Waals surface area contributed by atoms with E-state index in [4.69, 9.17) is 4.74 Å². The molecule has 0 aliphatic carbocycles. The third-order valence-electron chi connectivity index (χ3n) is 4.13. The lowest BCUT2D eigenvalue weighted by atomic mass is 9.91. The molecule has 2 aromatic rings. The molecule has 1 N–H and O–H groups in total. The van der Waals surface area contributed by atoms with Gasteiger partial charge in [0.2, 0.25) is 0 Å². The maximum absolute atomic E-state index is 10.8. The molecule has 0 amide bonds. The number of rotatable bonds is 4. The zero-order valence-electron chi connectivity index (χ0n) is 13.1. The van der Waals surface area contributed by atoms with E-state index < -0.39 is 5.60 Å². The van der Waals surface area contributed by atoms with Crippen LogP contribution in [0.2, 0.25) is 0 Å². The Bertz CT molecular complexity index is 609. The van der Waals surface area contributed by atoms with E-state index >= 15 is 0 Å². The van der Waals surface area contributed by atoms with Crippen LogP contribution in [0.15, 0.2) is 42.7 Å². The molecule has 2 heterocycles. The fraction of sp³-hybridized carbons (Fsp3) is 0.471. The molecule has 0 radical (unpaired) electrons. The van der Waals surface area contributed by atoms with Gasteiger partial charge in [0.05, 0.1) is 6.20 Å². The molecule has 0 saturated carbocycles. The van der Waals surface area contributed by atoms with E-state index in [0.717, 1.165) is 25.3 Å². The SMILES string of the molecule is Cn1cc(CN2CC[C@H](Oc3ccccc3)[C@@](C)(O)C2)cn1. The van der Waals surface area contributed by atoms with E-state index in [9.17, 15) is 5.11 Å². The van der Waals surface area contributed by atoms with Gasteiger partial charge in [-0.05, 0) is 25.5 Å². The number of nitrogens with zero attached hydrogens (tertiary/aromatic N) is 3. The standard InChI is InChI=1S/C17H23N3O2/c1-17(21)13-20(12-14-10-18-19(2)11-14)9-8-16(17)22-15-6-4-3-5-7-15/h3-7,10-11,16,21H,8-9,12-13H2,1-2H3/t16-,17-/m0/s1. The third-order valence-corrected chi connectivity index (χ3v) is 4.13. The molecule has 5 heteroatoms. The van der Waals surface area contributed by atoms with Gasteiger partial charge in [0.15, 0.2) is 0 Å². The van der Waals surface area contributed by atoms with Gasteiger partial charge in [-0.3, -0.25) is 9.58 Å². The largest absolute Gasteiger partial charge is 0.487 e. The first-order valence-corrected chi connectivity index (χ1v) is 7.67. The van der Waals surface area contributed by atoms with Crippen LogP contribution >= 0.6 is 0 Å². The molecular formula is C17H23N3O2. The van der Waals surface area contributed by atoms with Crippen molar-refractivity contribution >= 4 is 0 Å². The smallest absolute Gasteiger partial charge is 0.129 e. The highest BCUT2D eigenvalue weighted by atomic mass is 16.5. The van der Waals surface area contributed by atoms with Crippen molar-refractivity contribution in [3.8, 4) is 5.75 Å². The minimum absolute atomic E-state index is 0.181. The number of aryl methyl sites for hydroxylation is 1. The fourth-order valence-corrected chi connectivity index (χ4v) is 3.04. The number of ether oxygens (including phenoxy) is 1. The third kappa shape index (κ3) is 3.48. The van der Waals surface area contributed by atoms with Crippen molar-refractivity contribution in [2.24, 2.45) is 7.05 Å². The minimum atomic E-state index is -0.865. The second-order valence-corrected chi connectivity index (χ2v) is 6.30. The molecule has 118 valence electrons. The Kier molecular flexibility index (Phi) is 4.18. The number of para-hydroxylation sites is 1. The number of β-amino-alcohol motifs (C(OH)–C–C–N with tert-alkyl or cyclic N) is 1. The topological polar surface area (TPSA) is 50.5 Å². The highest BCUT2D eigenvalue weighted by Crippen LogP contribution is 2.27. The Hall–Kier alpha value is -1.85. The average molecular weight is 301 g/mol. The number of hydrogen-bond donors (Lipinski definition) is 1. The van der Waals surface area contributed by atoms with Crippen LogP contribution in [0.5, 0.6) is 5.75 Å². The molecule has 5 nitrogen and oxygen atoms in total. The van der Waals surface area contributed by atoms with Crippen LogP contribution < -0.4 is 4.74 Å². The van der Waals surface area contributed by atoms with Crippen molar-refractivity contribution in [1.82, 2.24) is 14.7 Å². The van der Waals surface area contributed by atoms with Gasteiger partial charge in [0.1, 0.15) is 17.5 Å². The van der Waals surface area contributed by atoms with Crippen molar-refractivity contribution < 1.29 is 9.84 Å². The summed E-state index contributed by atoms with van der Waals surface area (Å²) < 4.78 is 7.78. The van der Waals surface area contributed by atoms with Gasteiger partial charge < -0.3 is 9.84 Å². The highest BCUT2D eigenvalue weighted by Gasteiger charge is 2.39. The molecular weight excluding hydrogens is 278 g/mol. The number of aromatic nitrogens is 2. The van der Waals surface area contributed by atoms with E-state index in [1.807, 2.05) is 56.7 Å². The summed E-state index contributed by atoms with van der Waals surface area (Å²) in [6.07, 6.45) is 4.52. The second-order valence-electron chi connectivity index (χ2n) is 6.30. The quantitative estimate of drug-likeness (QED) is 0.936. The van der Waals surface area contributed by atoms with Crippen molar-refractivity contribution in [2.45, 2.75) is 31.6 Å². The van der Waals surface area contributed by atoms with Crippen LogP contribution in [0, 0.1) is 0 Å².